The van der Waals surface area contributed by atoms with Crippen molar-refractivity contribution in [2.75, 3.05) is 0 Å². The number of benzene rings is 1. The summed E-state index contributed by atoms with van der Waals surface area (Å²) < 4.78 is 8.43. The van der Waals surface area contributed by atoms with E-state index < -0.39 is 6.10 Å². The van der Waals surface area contributed by atoms with Crippen molar-refractivity contribution >= 4 is 32.7 Å². The maximum absolute atomic E-state index is 12.1. The molecule has 1 N–H and O–H groups in total. The number of nitrogens with one attached hydrogen (secondary N) is 1. The summed E-state index contributed by atoms with van der Waals surface area (Å²) in [7, 11) is 1.85. The number of carbonyl (C=O) groups excluding carboxylic acids is 1. The number of hydrogen-bond donors (Lipinski definition) is 1. The molecule has 0 radical (unpaired) electrons. The quantitative estimate of drug-likeness (QED) is 0.922. The van der Waals surface area contributed by atoms with Gasteiger partial charge in [0.1, 0.15) is 0 Å². The number of hydrogen-bond acceptors (Lipinski definition) is 3. The van der Waals surface area contributed by atoms with Crippen molar-refractivity contribution in [1.29, 1.82) is 0 Å². The van der Waals surface area contributed by atoms with Gasteiger partial charge in [-0.15, -0.1) is 5.10 Å². The van der Waals surface area contributed by atoms with Gasteiger partial charge in [0.25, 0.3) is 5.91 Å². The van der Waals surface area contributed by atoms with Gasteiger partial charge in [0.15, 0.2) is 6.10 Å². The van der Waals surface area contributed by atoms with Crippen molar-refractivity contribution in [2.45, 2.75) is 39.3 Å². The predicted molar refractivity (Wildman–Crippen MR) is 86.4 cm³/mol. The van der Waals surface area contributed by atoms with Crippen LogP contribution in [-0.2, 0) is 11.8 Å². The SMILES string of the molecule is C[C@@H](Oc1nn(C)c2ccc(Br)cc12)C(=O)NC(C)(C)C. The Labute approximate surface area is 132 Å². The molecule has 5 nitrogen and oxygen atoms in total. The van der Waals surface area contributed by atoms with Gasteiger partial charge in [0, 0.05) is 17.1 Å². The lowest BCUT2D eigenvalue weighted by Crippen LogP contribution is -2.46. The van der Waals surface area contributed by atoms with E-state index in [9.17, 15) is 4.79 Å². The number of carbonyl (C=O) groups is 1. The second-order valence-electron chi connectivity index (χ2n) is 6.09. The molecule has 0 saturated heterocycles. The molecule has 21 heavy (non-hydrogen) atoms. The largest absolute Gasteiger partial charge is 0.463 e. The van der Waals surface area contributed by atoms with E-state index in [1.807, 2.05) is 46.0 Å². The molecule has 0 bridgehead atoms. The number of halogens is 1. The normalized spacial score (nSPS) is 13.2. The summed E-state index contributed by atoms with van der Waals surface area (Å²) >= 11 is 3.44. The van der Waals surface area contributed by atoms with Crippen LogP contribution in [0.5, 0.6) is 5.88 Å². The first-order chi connectivity index (χ1) is 9.67. The number of fused-ring (bicyclic) bond motifs is 1. The summed E-state index contributed by atoms with van der Waals surface area (Å²) in [6.45, 7) is 7.53. The Morgan fingerprint density at radius 1 is 1.43 bits per heavy atom. The highest BCUT2D eigenvalue weighted by molar-refractivity contribution is 9.10. The molecule has 6 heteroatoms. The molecular weight excluding hydrogens is 334 g/mol. The standard InChI is InChI=1S/C15H20BrN3O2/c1-9(13(20)17-15(2,3)4)21-14-11-8-10(16)6-7-12(11)19(5)18-14/h6-9H,1-5H3,(H,17,20)/t9-/m1/s1. The molecule has 1 aromatic carbocycles. The Balaban J connectivity index is 2.23. The molecule has 114 valence electrons. The van der Waals surface area contributed by atoms with E-state index in [-0.39, 0.29) is 11.4 Å². The molecule has 0 aliphatic carbocycles. The zero-order valence-electron chi connectivity index (χ0n) is 12.9. The summed E-state index contributed by atoms with van der Waals surface area (Å²) in [5.41, 5.74) is 0.667. The van der Waals surface area contributed by atoms with Gasteiger partial charge >= 0.3 is 0 Å². The van der Waals surface area contributed by atoms with Crippen LogP contribution in [0.4, 0.5) is 0 Å². The van der Waals surface area contributed by atoms with Crippen LogP contribution >= 0.6 is 15.9 Å². The molecule has 0 spiro atoms. The van der Waals surface area contributed by atoms with Crippen LogP contribution in [0.1, 0.15) is 27.7 Å². The highest BCUT2D eigenvalue weighted by atomic mass is 79.9. The molecule has 0 aliphatic rings. The Morgan fingerprint density at radius 2 is 2.10 bits per heavy atom. The first-order valence-electron chi connectivity index (χ1n) is 6.78. The van der Waals surface area contributed by atoms with Crippen LogP contribution in [0, 0.1) is 0 Å². The zero-order valence-corrected chi connectivity index (χ0v) is 14.5. The number of ether oxygens (including phenoxy) is 1. The average Bonchev–Trinajstić information content (AvgIpc) is 2.63. The number of amides is 1. The van der Waals surface area contributed by atoms with Crippen molar-refractivity contribution in [3.8, 4) is 5.88 Å². The first kappa shape index (κ1) is 15.8. The van der Waals surface area contributed by atoms with Gasteiger partial charge in [-0.2, -0.15) is 0 Å². The Hall–Kier alpha value is -1.56. The second kappa shape index (κ2) is 5.67. The summed E-state index contributed by atoms with van der Waals surface area (Å²) in [6, 6.07) is 5.84. The molecule has 0 aliphatic heterocycles. The molecule has 1 atom stereocenters. The smallest absolute Gasteiger partial charge is 0.261 e. The van der Waals surface area contributed by atoms with Crippen LogP contribution in [0.2, 0.25) is 0 Å². The minimum atomic E-state index is -0.610. The van der Waals surface area contributed by atoms with Gasteiger partial charge in [-0.05, 0) is 45.9 Å². The van der Waals surface area contributed by atoms with Crippen LogP contribution in [0.25, 0.3) is 10.9 Å². The first-order valence-corrected chi connectivity index (χ1v) is 7.57. The number of aromatic nitrogens is 2. The summed E-state index contributed by atoms with van der Waals surface area (Å²) in [5, 5.41) is 8.12. The molecular formula is C15H20BrN3O2. The molecule has 1 aromatic heterocycles. The maximum Gasteiger partial charge on any atom is 0.261 e. The Kier molecular flexibility index (Phi) is 4.27. The lowest BCUT2D eigenvalue weighted by Gasteiger charge is -2.23. The van der Waals surface area contributed by atoms with E-state index in [1.165, 1.54) is 0 Å². The van der Waals surface area contributed by atoms with E-state index >= 15 is 0 Å². The lowest BCUT2D eigenvalue weighted by atomic mass is 10.1. The molecule has 2 rings (SSSR count). The maximum atomic E-state index is 12.1. The third-order valence-electron chi connectivity index (χ3n) is 2.93. The van der Waals surface area contributed by atoms with E-state index in [1.54, 1.807) is 11.6 Å². The molecule has 1 heterocycles. The van der Waals surface area contributed by atoms with Crippen molar-refractivity contribution in [2.24, 2.45) is 7.05 Å². The van der Waals surface area contributed by atoms with Crippen molar-refractivity contribution in [1.82, 2.24) is 15.1 Å². The average molecular weight is 354 g/mol. The van der Waals surface area contributed by atoms with Crippen molar-refractivity contribution < 1.29 is 9.53 Å². The van der Waals surface area contributed by atoms with Gasteiger partial charge in [-0.3, -0.25) is 9.48 Å². The fourth-order valence-electron chi connectivity index (χ4n) is 1.98. The minimum Gasteiger partial charge on any atom is -0.463 e. The summed E-state index contributed by atoms with van der Waals surface area (Å²) in [4.78, 5) is 12.1. The van der Waals surface area contributed by atoms with Crippen LogP contribution in [0.3, 0.4) is 0 Å². The van der Waals surface area contributed by atoms with Crippen molar-refractivity contribution in [3.63, 3.8) is 0 Å². The molecule has 0 unspecified atom stereocenters. The summed E-state index contributed by atoms with van der Waals surface area (Å²) in [6.07, 6.45) is -0.610. The molecule has 0 fully saturated rings. The van der Waals surface area contributed by atoms with Crippen LogP contribution in [-0.4, -0.2) is 27.3 Å². The van der Waals surface area contributed by atoms with E-state index in [0.717, 1.165) is 15.4 Å². The minimum absolute atomic E-state index is 0.156. The Bertz CT molecular complexity index is 673. The zero-order chi connectivity index (χ0) is 15.8. The van der Waals surface area contributed by atoms with Gasteiger partial charge < -0.3 is 10.1 Å². The number of aryl methyl sites for hydroxylation is 1. The predicted octanol–water partition coefficient (Wildman–Crippen LogP) is 3.02. The fraction of sp³-hybridized carbons (Fsp3) is 0.467. The monoisotopic (exact) mass is 353 g/mol. The summed E-state index contributed by atoms with van der Waals surface area (Å²) in [5.74, 6) is 0.307. The van der Waals surface area contributed by atoms with Crippen molar-refractivity contribution in [3.05, 3.63) is 22.7 Å². The lowest BCUT2D eigenvalue weighted by molar-refractivity contribution is -0.128. The van der Waals surface area contributed by atoms with Crippen LogP contribution < -0.4 is 10.1 Å². The topological polar surface area (TPSA) is 56.2 Å². The van der Waals surface area contributed by atoms with E-state index in [4.69, 9.17) is 4.74 Å². The van der Waals surface area contributed by atoms with E-state index in [0.29, 0.717) is 5.88 Å². The van der Waals surface area contributed by atoms with Gasteiger partial charge in [0.2, 0.25) is 5.88 Å². The van der Waals surface area contributed by atoms with Gasteiger partial charge in [-0.25, -0.2) is 0 Å². The fourth-order valence-corrected chi connectivity index (χ4v) is 2.35. The highest BCUT2D eigenvalue weighted by Crippen LogP contribution is 2.28. The highest BCUT2D eigenvalue weighted by Gasteiger charge is 2.22. The van der Waals surface area contributed by atoms with E-state index in [2.05, 4.69) is 26.3 Å². The molecule has 1 amide bonds. The Morgan fingerprint density at radius 3 is 2.71 bits per heavy atom. The third-order valence-corrected chi connectivity index (χ3v) is 3.43. The molecule has 0 saturated carbocycles. The number of rotatable bonds is 3. The second-order valence-corrected chi connectivity index (χ2v) is 7.01. The van der Waals surface area contributed by atoms with Gasteiger partial charge in [0.05, 0.1) is 10.9 Å². The van der Waals surface area contributed by atoms with Gasteiger partial charge in [-0.1, -0.05) is 15.9 Å². The van der Waals surface area contributed by atoms with Crippen LogP contribution in [0.15, 0.2) is 22.7 Å². The number of nitrogens with zero attached hydrogens (tertiary/aromatic N) is 2. The third kappa shape index (κ3) is 3.75. The molecule has 2 aromatic rings.